The third kappa shape index (κ3) is 2.47. The fourth-order valence-electron chi connectivity index (χ4n) is 2.67. The van der Waals surface area contributed by atoms with Gasteiger partial charge in [0.1, 0.15) is 4.90 Å². The largest absolute Gasteiger partial charge is 0.366 e. The maximum absolute atomic E-state index is 12.5. The summed E-state index contributed by atoms with van der Waals surface area (Å²) in [6.45, 7) is 5.19. The number of sulfonamides is 1. The van der Waals surface area contributed by atoms with Crippen molar-refractivity contribution in [3.63, 3.8) is 0 Å². The molecule has 106 valence electrons. The summed E-state index contributed by atoms with van der Waals surface area (Å²) in [5.74, 6) is 0. The molecule has 0 aliphatic carbocycles. The highest BCUT2D eigenvalue weighted by Crippen LogP contribution is 2.38. The fourth-order valence-corrected chi connectivity index (χ4v) is 4.26. The first kappa shape index (κ1) is 14.3. The van der Waals surface area contributed by atoms with E-state index in [4.69, 9.17) is 0 Å². The van der Waals surface area contributed by atoms with Crippen molar-refractivity contribution in [1.29, 1.82) is 0 Å². The Labute approximate surface area is 113 Å². The Bertz CT molecular complexity index is 602. The van der Waals surface area contributed by atoms with Gasteiger partial charge < -0.3 is 4.98 Å². The second-order valence-electron chi connectivity index (χ2n) is 5.17. The number of aromatic nitrogens is 1. The van der Waals surface area contributed by atoms with E-state index >= 15 is 0 Å². The molecule has 0 unspecified atom stereocenters. The van der Waals surface area contributed by atoms with Gasteiger partial charge in [-0.25, -0.2) is 8.42 Å². The van der Waals surface area contributed by atoms with E-state index in [9.17, 15) is 13.2 Å². The summed E-state index contributed by atoms with van der Waals surface area (Å²) in [6.07, 6.45) is 5.49. The van der Waals surface area contributed by atoms with Crippen LogP contribution in [0.5, 0.6) is 0 Å². The summed E-state index contributed by atoms with van der Waals surface area (Å²) in [4.78, 5) is 14.2. The molecule has 19 heavy (non-hydrogen) atoms. The first-order valence-electron chi connectivity index (χ1n) is 6.62. The molecular weight excluding hydrogens is 264 g/mol. The van der Waals surface area contributed by atoms with Crippen molar-refractivity contribution in [2.24, 2.45) is 5.41 Å². The van der Waals surface area contributed by atoms with Gasteiger partial charge in [-0.3, -0.25) is 4.79 Å². The lowest BCUT2D eigenvalue weighted by molar-refractivity contribution is 0.279. The normalized spacial score (nSPS) is 19.7. The molecule has 5 nitrogen and oxygen atoms in total. The van der Waals surface area contributed by atoms with Crippen LogP contribution >= 0.6 is 0 Å². The highest BCUT2D eigenvalue weighted by atomic mass is 32.2. The van der Waals surface area contributed by atoms with Crippen molar-refractivity contribution < 1.29 is 8.42 Å². The van der Waals surface area contributed by atoms with Gasteiger partial charge in [0.15, 0.2) is 0 Å². The highest BCUT2D eigenvalue weighted by Gasteiger charge is 2.41. The quantitative estimate of drug-likeness (QED) is 0.912. The van der Waals surface area contributed by atoms with Crippen LogP contribution in [0.4, 0.5) is 0 Å². The molecule has 1 aliphatic heterocycles. The van der Waals surface area contributed by atoms with Gasteiger partial charge in [-0.15, -0.1) is 0 Å². The molecule has 1 aromatic rings. The summed E-state index contributed by atoms with van der Waals surface area (Å²) in [7, 11) is -3.67. The number of rotatable bonds is 4. The van der Waals surface area contributed by atoms with Crippen LogP contribution in [-0.2, 0) is 10.0 Å². The van der Waals surface area contributed by atoms with Crippen LogP contribution in [0.25, 0.3) is 0 Å². The van der Waals surface area contributed by atoms with Crippen LogP contribution in [0.2, 0.25) is 0 Å². The van der Waals surface area contributed by atoms with E-state index in [0.29, 0.717) is 13.1 Å². The molecule has 1 N–H and O–H groups in total. The average Bonchev–Trinajstić information content (AvgIpc) is 2.85. The topological polar surface area (TPSA) is 70.2 Å². The Morgan fingerprint density at radius 3 is 2.58 bits per heavy atom. The minimum Gasteiger partial charge on any atom is -0.366 e. The van der Waals surface area contributed by atoms with Gasteiger partial charge >= 0.3 is 0 Å². The van der Waals surface area contributed by atoms with Crippen molar-refractivity contribution >= 4 is 10.0 Å². The van der Waals surface area contributed by atoms with E-state index < -0.39 is 15.5 Å². The maximum atomic E-state index is 12.5. The van der Waals surface area contributed by atoms with Gasteiger partial charge in [0.2, 0.25) is 15.5 Å². The average molecular weight is 284 g/mol. The van der Waals surface area contributed by atoms with Crippen molar-refractivity contribution in [3.05, 3.63) is 28.7 Å². The molecule has 2 heterocycles. The Kier molecular flexibility index (Phi) is 3.82. The van der Waals surface area contributed by atoms with Crippen molar-refractivity contribution in [1.82, 2.24) is 9.29 Å². The van der Waals surface area contributed by atoms with Gasteiger partial charge in [0, 0.05) is 31.5 Å². The third-order valence-electron chi connectivity index (χ3n) is 4.31. The van der Waals surface area contributed by atoms with Crippen molar-refractivity contribution in [2.45, 2.75) is 38.0 Å². The predicted molar refractivity (Wildman–Crippen MR) is 73.5 cm³/mol. The minimum atomic E-state index is -3.67. The van der Waals surface area contributed by atoms with Crippen LogP contribution in [0.15, 0.2) is 28.2 Å². The summed E-state index contributed by atoms with van der Waals surface area (Å²) in [5.41, 5.74) is -0.390. The summed E-state index contributed by atoms with van der Waals surface area (Å²) < 4.78 is 26.4. The zero-order valence-electron chi connectivity index (χ0n) is 11.3. The summed E-state index contributed by atoms with van der Waals surface area (Å²) in [6, 6.07) is 1.25. The fraction of sp³-hybridized carbons (Fsp3) is 0.615. The molecular formula is C13H20N2O3S. The Morgan fingerprint density at radius 1 is 1.37 bits per heavy atom. The summed E-state index contributed by atoms with van der Waals surface area (Å²) in [5, 5.41) is 0. The van der Waals surface area contributed by atoms with Crippen LogP contribution < -0.4 is 5.43 Å². The molecule has 0 radical (unpaired) electrons. The van der Waals surface area contributed by atoms with Crippen molar-refractivity contribution in [2.75, 3.05) is 13.1 Å². The predicted octanol–water partition coefficient (Wildman–Crippen LogP) is 1.58. The zero-order chi connectivity index (χ0) is 14.1. The highest BCUT2D eigenvalue weighted by molar-refractivity contribution is 7.89. The molecule has 1 aliphatic rings. The van der Waals surface area contributed by atoms with Gasteiger partial charge in [0.05, 0.1) is 0 Å². The van der Waals surface area contributed by atoms with E-state index in [-0.39, 0.29) is 10.3 Å². The number of hydrogen-bond donors (Lipinski definition) is 1. The van der Waals surface area contributed by atoms with Crippen LogP contribution in [0.3, 0.4) is 0 Å². The number of nitrogens with one attached hydrogen (secondary N) is 1. The maximum Gasteiger partial charge on any atom is 0.248 e. The SMILES string of the molecule is CCC1(CC)CCN(S(=O)(=O)c2c[nH]ccc2=O)C1. The Morgan fingerprint density at radius 2 is 2.05 bits per heavy atom. The minimum absolute atomic E-state index is 0.0641. The number of pyridine rings is 1. The molecule has 0 amide bonds. The van der Waals surface area contributed by atoms with Crippen LogP contribution in [0, 0.1) is 5.41 Å². The van der Waals surface area contributed by atoms with E-state index in [2.05, 4.69) is 18.8 Å². The standard InChI is InChI=1S/C13H20N2O3S/c1-3-13(4-2)6-8-15(10-13)19(17,18)12-9-14-7-5-11(12)16/h5,7,9H,3-4,6,8,10H2,1-2H3,(H,14,16). The van der Waals surface area contributed by atoms with E-state index in [1.165, 1.54) is 22.8 Å². The van der Waals surface area contributed by atoms with Gasteiger partial charge in [-0.1, -0.05) is 13.8 Å². The van der Waals surface area contributed by atoms with E-state index in [1.807, 2.05) is 0 Å². The number of nitrogens with zero attached hydrogens (tertiary/aromatic N) is 1. The molecule has 0 saturated carbocycles. The molecule has 1 aromatic heterocycles. The molecule has 2 rings (SSSR count). The molecule has 0 bridgehead atoms. The molecule has 0 atom stereocenters. The van der Waals surface area contributed by atoms with Crippen LogP contribution in [-0.4, -0.2) is 30.8 Å². The summed E-state index contributed by atoms with van der Waals surface area (Å²) >= 11 is 0. The first-order chi connectivity index (χ1) is 8.95. The molecule has 1 fully saturated rings. The Hall–Kier alpha value is -1.14. The smallest absolute Gasteiger partial charge is 0.248 e. The molecule has 6 heteroatoms. The number of hydrogen-bond acceptors (Lipinski definition) is 3. The monoisotopic (exact) mass is 284 g/mol. The van der Waals surface area contributed by atoms with Gasteiger partial charge in [0.25, 0.3) is 0 Å². The second-order valence-corrected chi connectivity index (χ2v) is 7.07. The van der Waals surface area contributed by atoms with Crippen LogP contribution in [0.1, 0.15) is 33.1 Å². The van der Waals surface area contributed by atoms with Gasteiger partial charge in [-0.05, 0) is 24.7 Å². The second kappa shape index (κ2) is 5.09. The first-order valence-corrected chi connectivity index (χ1v) is 8.06. The number of aromatic amines is 1. The molecule has 1 saturated heterocycles. The lowest BCUT2D eigenvalue weighted by Crippen LogP contribution is -2.34. The van der Waals surface area contributed by atoms with E-state index in [1.54, 1.807) is 0 Å². The lowest BCUT2D eigenvalue weighted by atomic mass is 9.82. The van der Waals surface area contributed by atoms with Gasteiger partial charge in [-0.2, -0.15) is 4.31 Å². The molecule has 0 aromatic carbocycles. The van der Waals surface area contributed by atoms with Crippen molar-refractivity contribution in [3.8, 4) is 0 Å². The third-order valence-corrected chi connectivity index (χ3v) is 6.18. The lowest BCUT2D eigenvalue weighted by Gasteiger charge is -2.26. The van der Waals surface area contributed by atoms with E-state index in [0.717, 1.165) is 19.3 Å². The molecule has 0 spiro atoms. The zero-order valence-corrected chi connectivity index (χ0v) is 12.2. The Balaban J connectivity index is 2.34. The number of H-pyrrole nitrogens is 1.